The van der Waals surface area contributed by atoms with Crippen molar-refractivity contribution in [3.63, 3.8) is 0 Å². The number of aromatic amines is 1. The first kappa shape index (κ1) is 22.5. The lowest BCUT2D eigenvalue weighted by Gasteiger charge is -2.25. The fraction of sp³-hybridized carbons (Fsp3) is 0.474. The third-order valence-corrected chi connectivity index (χ3v) is 4.62. The molecule has 168 valence electrons. The van der Waals surface area contributed by atoms with Crippen LogP contribution in [-0.2, 0) is 4.79 Å². The van der Waals surface area contributed by atoms with Gasteiger partial charge < -0.3 is 20.5 Å². The average molecular weight is 442 g/mol. The predicted molar refractivity (Wildman–Crippen MR) is 104 cm³/mol. The second-order valence-corrected chi connectivity index (χ2v) is 7.48. The maximum absolute atomic E-state index is 14.5. The molecule has 0 bridgehead atoms. The Balaban J connectivity index is 1.82. The Hall–Kier alpha value is -3.18. The zero-order valence-corrected chi connectivity index (χ0v) is 16.9. The molecular formula is C19H22F4N6O2. The van der Waals surface area contributed by atoms with Gasteiger partial charge in [0.2, 0.25) is 5.91 Å². The number of hydrogen-bond acceptors (Lipinski definition) is 5. The number of rotatable bonds is 6. The molecule has 3 heterocycles. The van der Waals surface area contributed by atoms with Crippen LogP contribution in [0.1, 0.15) is 37.2 Å². The maximum Gasteiger partial charge on any atom is 0.405 e. The van der Waals surface area contributed by atoms with Crippen molar-refractivity contribution >= 4 is 17.6 Å². The Labute approximate surface area is 175 Å². The number of H-pyrrole nitrogens is 1. The number of hydrogen-bond donors (Lipinski definition) is 3. The second-order valence-electron chi connectivity index (χ2n) is 7.48. The van der Waals surface area contributed by atoms with Gasteiger partial charge in [0.25, 0.3) is 5.91 Å². The van der Waals surface area contributed by atoms with Crippen LogP contribution in [-0.4, -0.2) is 58.1 Å². The van der Waals surface area contributed by atoms with Gasteiger partial charge in [-0.2, -0.15) is 13.2 Å². The molecule has 0 radical (unpaired) electrons. The van der Waals surface area contributed by atoms with E-state index in [0.717, 1.165) is 6.20 Å². The van der Waals surface area contributed by atoms with E-state index >= 15 is 0 Å². The van der Waals surface area contributed by atoms with Crippen molar-refractivity contribution in [1.82, 2.24) is 25.6 Å². The Kier molecular flexibility index (Phi) is 6.46. The van der Waals surface area contributed by atoms with Gasteiger partial charge in [-0.25, -0.2) is 14.4 Å². The molecule has 3 N–H and O–H groups in total. The minimum absolute atomic E-state index is 0.0662. The summed E-state index contributed by atoms with van der Waals surface area (Å²) in [5.41, 5.74) is 0.691. The lowest BCUT2D eigenvalue weighted by molar-refractivity contribution is -0.139. The van der Waals surface area contributed by atoms with E-state index in [9.17, 15) is 27.2 Å². The summed E-state index contributed by atoms with van der Waals surface area (Å²) >= 11 is 0. The van der Waals surface area contributed by atoms with Crippen LogP contribution in [0.15, 0.2) is 18.5 Å². The number of nitrogens with zero attached hydrogens (tertiary/aromatic N) is 3. The Bertz CT molecular complexity index is 959. The fourth-order valence-corrected chi connectivity index (χ4v) is 3.29. The van der Waals surface area contributed by atoms with E-state index in [1.807, 2.05) is 19.2 Å². The monoisotopic (exact) mass is 442 g/mol. The Morgan fingerprint density at radius 1 is 1.35 bits per heavy atom. The number of aromatic nitrogens is 3. The van der Waals surface area contributed by atoms with Gasteiger partial charge in [-0.1, -0.05) is 0 Å². The van der Waals surface area contributed by atoms with Gasteiger partial charge >= 0.3 is 6.18 Å². The molecular weight excluding hydrogens is 420 g/mol. The summed E-state index contributed by atoms with van der Waals surface area (Å²) in [5.74, 6) is -2.04. The molecule has 0 saturated carbocycles. The lowest BCUT2D eigenvalue weighted by atomic mass is 10.2. The third kappa shape index (κ3) is 5.50. The average Bonchev–Trinajstić information content (AvgIpc) is 3.35. The molecule has 12 heteroatoms. The van der Waals surface area contributed by atoms with Crippen molar-refractivity contribution in [3.8, 4) is 11.4 Å². The van der Waals surface area contributed by atoms with Crippen molar-refractivity contribution in [2.24, 2.45) is 0 Å². The van der Waals surface area contributed by atoms with E-state index in [2.05, 4.69) is 20.3 Å². The van der Waals surface area contributed by atoms with Gasteiger partial charge in [0.15, 0.2) is 17.5 Å². The largest absolute Gasteiger partial charge is 0.405 e. The van der Waals surface area contributed by atoms with Crippen molar-refractivity contribution in [3.05, 3.63) is 30.0 Å². The quantitative estimate of drug-likeness (QED) is 0.597. The van der Waals surface area contributed by atoms with Gasteiger partial charge in [-0.05, 0) is 32.8 Å². The first-order chi connectivity index (χ1) is 14.5. The molecule has 0 aliphatic carbocycles. The molecule has 1 aliphatic heterocycles. The number of nitrogens with one attached hydrogen (secondary N) is 3. The predicted octanol–water partition coefficient (Wildman–Crippen LogP) is 2.40. The molecule has 8 nitrogen and oxygen atoms in total. The van der Waals surface area contributed by atoms with Crippen molar-refractivity contribution in [2.75, 3.05) is 18.0 Å². The van der Waals surface area contributed by atoms with Gasteiger partial charge in [0.1, 0.15) is 18.3 Å². The van der Waals surface area contributed by atoms with E-state index in [1.165, 1.54) is 17.2 Å². The van der Waals surface area contributed by atoms with Gasteiger partial charge in [-0.3, -0.25) is 9.59 Å². The summed E-state index contributed by atoms with van der Waals surface area (Å²) < 4.78 is 51.7. The van der Waals surface area contributed by atoms with Gasteiger partial charge in [0, 0.05) is 24.3 Å². The first-order valence-electron chi connectivity index (χ1n) is 9.68. The van der Waals surface area contributed by atoms with Crippen LogP contribution in [0.3, 0.4) is 0 Å². The van der Waals surface area contributed by atoms with Crippen LogP contribution in [0.5, 0.6) is 0 Å². The normalized spacial score (nSPS) is 16.6. The summed E-state index contributed by atoms with van der Waals surface area (Å²) in [6, 6.07) is 0.466. The molecule has 2 aromatic heterocycles. The van der Waals surface area contributed by atoms with Crippen molar-refractivity contribution < 1.29 is 27.2 Å². The van der Waals surface area contributed by atoms with Crippen LogP contribution < -0.4 is 15.5 Å². The molecule has 31 heavy (non-hydrogen) atoms. The van der Waals surface area contributed by atoms with Crippen LogP contribution in [0.2, 0.25) is 0 Å². The molecule has 2 aromatic rings. The standard InChI is InChI=1S/C19H22F4N6O2/c1-10(2)27-17(30)13-6-11(7-24-13)15-25-8-12(20)16(28-15)29-5-3-4-14(29)18(31)26-9-19(21,22)23/h6-8,10,14,24H,3-5,9H2,1-2H3,(H,26,31)(H,27,30)/t14-/m1/s1. The van der Waals surface area contributed by atoms with Crippen LogP contribution in [0, 0.1) is 5.82 Å². The van der Waals surface area contributed by atoms with Crippen LogP contribution in [0.4, 0.5) is 23.4 Å². The zero-order valence-electron chi connectivity index (χ0n) is 16.9. The topological polar surface area (TPSA) is 103 Å². The van der Waals surface area contributed by atoms with E-state index in [4.69, 9.17) is 0 Å². The minimum Gasteiger partial charge on any atom is -0.356 e. The third-order valence-electron chi connectivity index (χ3n) is 4.62. The van der Waals surface area contributed by atoms with E-state index < -0.39 is 30.5 Å². The first-order valence-corrected chi connectivity index (χ1v) is 9.68. The molecule has 0 spiro atoms. The van der Waals surface area contributed by atoms with Crippen LogP contribution in [0.25, 0.3) is 11.4 Å². The number of alkyl halides is 3. The lowest BCUT2D eigenvalue weighted by Crippen LogP contribution is -2.46. The molecule has 1 fully saturated rings. The van der Waals surface area contributed by atoms with Crippen LogP contribution >= 0.6 is 0 Å². The summed E-state index contributed by atoms with van der Waals surface area (Å²) in [6.07, 6.45) is -1.36. The zero-order chi connectivity index (χ0) is 22.8. The molecule has 0 unspecified atom stereocenters. The fourth-order valence-electron chi connectivity index (χ4n) is 3.29. The SMILES string of the molecule is CC(C)NC(=O)c1cc(-c2ncc(F)c(N3CCC[C@@H]3C(=O)NCC(F)(F)F)n2)c[nH]1. The highest BCUT2D eigenvalue weighted by atomic mass is 19.4. The molecule has 0 aromatic carbocycles. The highest BCUT2D eigenvalue weighted by molar-refractivity contribution is 5.93. The number of amides is 2. The highest BCUT2D eigenvalue weighted by Crippen LogP contribution is 2.28. The van der Waals surface area contributed by atoms with Crippen molar-refractivity contribution in [1.29, 1.82) is 0 Å². The summed E-state index contributed by atoms with van der Waals surface area (Å²) in [6.45, 7) is 2.42. The maximum atomic E-state index is 14.5. The highest BCUT2D eigenvalue weighted by Gasteiger charge is 2.36. The molecule has 2 amide bonds. The second kappa shape index (κ2) is 8.90. The molecule has 1 atom stereocenters. The molecule has 1 aliphatic rings. The van der Waals surface area contributed by atoms with Crippen molar-refractivity contribution in [2.45, 2.75) is 44.9 Å². The number of carbonyl (C=O) groups is 2. The van der Waals surface area contributed by atoms with E-state index in [1.54, 1.807) is 0 Å². The van der Waals surface area contributed by atoms with E-state index in [-0.39, 0.29) is 42.3 Å². The number of anilines is 1. The van der Waals surface area contributed by atoms with Gasteiger partial charge in [-0.15, -0.1) is 0 Å². The number of halogens is 4. The van der Waals surface area contributed by atoms with Gasteiger partial charge in [0.05, 0.1) is 6.20 Å². The Morgan fingerprint density at radius 3 is 2.77 bits per heavy atom. The molecule has 1 saturated heterocycles. The Morgan fingerprint density at radius 2 is 2.10 bits per heavy atom. The smallest absolute Gasteiger partial charge is 0.356 e. The number of carbonyl (C=O) groups excluding carboxylic acids is 2. The summed E-state index contributed by atoms with van der Waals surface area (Å²) in [4.78, 5) is 36.6. The summed E-state index contributed by atoms with van der Waals surface area (Å²) in [5, 5.41) is 4.57. The summed E-state index contributed by atoms with van der Waals surface area (Å²) in [7, 11) is 0. The van der Waals surface area contributed by atoms with E-state index in [0.29, 0.717) is 12.0 Å². The molecule has 3 rings (SSSR count). The minimum atomic E-state index is -4.54.